The molecule has 0 bridgehead atoms. The molecular weight excluding hydrogens is 270 g/mol. The lowest BCUT2D eigenvalue weighted by atomic mass is 10.0. The molecule has 0 aliphatic carbocycles. The summed E-state index contributed by atoms with van der Waals surface area (Å²) >= 11 is 0. The van der Waals surface area contributed by atoms with Gasteiger partial charge in [-0.1, -0.05) is 0 Å². The fraction of sp³-hybridized carbons (Fsp3) is 0.933. The molecule has 2 aliphatic rings. The number of methoxy groups -OCH3 is 1. The minimum Gasteiger partial charge on any atom is -0.395 e. The standard InChI is InChI=1S/C15H29N3O3/c1-21-12-10-17(9-11-19)15(20)14-3-2-8-18(14)13-4-6-16-7-5-13/h13-14,16,19H,2-12H2,1H3. The van der Waals surface area contributed by atoms with E-state index in [1.807, 2.05) is 0 Å². The van der Waals surface area contributed by atoms with Crippen LogP contribution in [0.3, 0.4) is 0 Å². The molecule has 2 N–H and O–H groups in total. The van der Waals surface area contributed by atoms with E-state index in [2.05, 4.69) is 10.2 Å². The molecule has 0 aromatic heterocycles. The predicted octanol–water partition coefficient (Wildman–Crippen LogP) is -0.330. The van der Waals surface area contributed by atoms with Gasteiger partial charge in [0.05, 0.1) is 19.3 Å². The second-order valence-electron chi connectivity index (χ2n) is 5.92. The number of carbonyl (C=O) groups is 1. The minimum absolute atomic E-state index is 0.00324. The number of amides is 1. The number of nitrogens with zero attached hydrogens (tertiary/aromatic N) is 2. The van der Waals surface area contributed by atoms with Gasteiger partial charge in [-0.25, -0.2) is 0 Å². The minimum atomic E-state index is -0.00324. The van der Waals surface area contributed by atoms with Gasteiger partial charge in [-0.05, 0) is 45.3 Å². The molecule has 0 saturated carbocycles. The Hall–Kier alpha value is -0.690. The van der Waals surface area contributed by atoms with Gasteiger partial charge < -0.3 is 20.1 Å². The van der Waals surface area contributed by atoms with Crippen LogP contribution in [0.15, 0.2) is 0 Å². The molecular formula is C15H29N3O3. The molecule has 21 heavy (non-hydrogen) atoms. The lowest BCUT2D eigenvalue weighted by Crippen LogP contribution is -2.52. The molecule has 1 unspecified atom stereocenters. The van der Waals surface area contributed by atoms with Crippen molar-refractivity contribution in [2.24, 2.45) is 0 Å². The van der Waals surface area contributed by atoms with Gasteiger partial charge in [-0.15, -0.1) is 0 Å². The summed E-state index contributed by atoms with van der Waals surface area (Å²) in [6, 6.07) is 0.526. The molecule has 1 amide bonds. The molecule has 2 aliphatic heterocycles. The van der Waals surface area contributed by atoms with E-state index < -0.39 is 0 Å². The number of rotatable bonds is 7. The van der Waals surface area contributed by atoms with E-state index in [1.54, 1.807) is 12.0 Å². The number of piperidine rings is 1. The number of hydrogen-bond donors (Lipinski definition) is 2. The molecule has 0 aromatic rings. The number of aliphatic hydroxyl groups excluding tert-OH is 1. The summed E-state index contributed by atoms with van der Waals surface area (Å²) in [4.78, 5) is 17.0. The van der Waals surface area contributed by atoms with Crippen molar-refractivity contribution < 1.29 is 14.6 Å². The predicted molar refractivity (Wildman–Crippen MR) is 81.2 cm³/mol. The van der Waals surface area contributed by atoms with E-state index in [4.69, 9.17) is 4.74 Å². The van der Waals surface area contributed by atoms with Crippen LogP contribution in [0.2, 0.25) is 0 Å². The first-order valence-corrected chi connectivity index (χ1v) is 8.13. The molecule has 122 valence electrons. The Labute approximate surface area is 127 Å². The van der Waals surface area contributed by atoms with E-state index in [0.29, 0.717) is 25.7 Å². The van der Waals surface area contributed by atoms with Crippen molar-refractivity contribution in [2.75, 3.05) is 53.0 Å². The van der Waals surface area contributed by atoms with Crippen LogP contribution in [-0.4, -0.2) is 85.9 Å². The van der Waals surface area contributed by atoms with Crippen LogP contribution in [0.1, 0.15) is 25.7 Å². The number of hydrogen-bond acceptors (Lipinski definition) is 5. The third-order valence-electron chi connectivity index (χ3n) is 4.60. The maximum absolute atomic E-state index is 12.8. The highest BCUT2D eigenvalue weighted by atomic mass is 16.5. The average Bonchev–Trinajstić information content (AvgIpc) is 3.01. The number of carbonyl (C=O) groups excluding carboxylic acids is 1. The van der Waals surface area contributed by atoms with Crippen molar-refractivity contribution in [3.63, 3.8) is 0 Å². The number of ether oxygens (including phenoxy) is 1. The van der Waals surface area contributed by atoms with Crippen LogP contribution < -0.4 is 5.32 Å². The van der Waals surface area contributed by atoms with Crippen LogP contribution in [0.4, 0.5) is 0 Å². The summed E-state index contributed by atoms with van der Waals surface area (Å²) in [5.74, 6) is 0.164. The lowest BCUT2D eigenvalue weighted by molar-refractivity contribution is -0.138. The van der Waals surface area contributed by atoms with E-state index in [0.717, 1.165) is 45.3 Å². The second-order valence-corrected chi connectivity index (χ2v) is 5.92. The Bertz CT molecular complexity index is 321. The maximum atomic E-state index is 12.8. The van der Waals surface area contributed by atoms with E-state index >= 15 is 0 Å². The zero-order valence-electron chi connectivity index (χ0n) is 13.1. The van der Waals surface area contributed by atoms with Crippen molar-refractivity contribution in [1.29, 1.82) is 0 Å². The van der Waals surface area contributed by atoms with Gasteiger partial charge in [0.2, 0.25) is 5.91 Å². The van der Waals surface area contributed by atoms with Crippen molar-refractivity contribution in [3.05, 3.63) is 0 Å². The van der Waals surface area contributed by atoms with Crippen molar-refractivity contribution in [1.82, 2.24) is 15.1 Å². The number of likely N-dealkylation sites (tertiary alicyclic amines) is 1. The second kappa shape index (κ2) is 8.68. The van der Waals surface area contributed by atoms with Crippen LogP contribution in [0.25, 0.3) is 0 Å². The van der Waals surface area contributed by atoms with Crippen molar-refractivity contribution in [3.8, 4) is 0 Å². The molecule has 1 atom stereocenters. The van der Waals surface area contributed by atoms with E-state index in [9.17, 15) is 9.90 Å². The van der Waals surface area contributed by atoms with Gasteiger partial charge in [0.1, 0.15) is 0 Å². The molecule has 2 fully saturated rings. The third-order valence-corrected chi connectivity index (χ3v) is 4.60. The molecule has 6 nitrogen and oxygen atoms in total. The van der Waals surface area contributed by atoms with Gasteiger partial charge >= 0.3 is 0 Å². The molecule has 2 rings (SSSR count). The smallest absolute Gasteiger partial charge is 0.240 e. The Morgan fingerprint density at radius 2 is 2.10 bits per heavy atom. The zero-order valence-corrected chi connectivity index (χ0v) is 13.1. The summed E-state index contributed by atoms with van der Waals surface area (Å²) < 4.78 is 5.08. The Morgan fingerprint density at radius 1 is 1.33 bits per heavy atom. The molecule has 0 radical (unpaired) electrons. The zero-order chi connectivity index (χ0) is 15.1. The van der Waals surface area contributed by atoms with Crippen LogP contribution in [-0.2, 0) is 9.53 Å². The van der Waals surface area contributed by atoms with Gasteiger partial charge in [0, 0.05) is 26.2 Å². The van der Waals surface area contributed by atoms with Crippen LogP contribution in [0.5, 0.6) is 0 Å². The molecule has 2 heterocycles. The topological polar surface area (TPSA) is 65.0 Å². The Kier molecular flexibility index (Phi) is 6.89. The van der Waals surface area contributed by atoms with Gasteiger partial charge in [-0.3, -0.25) is 9.69 Å². The normalized spacial score (nSPS) is 24.4. The summed E-state index contributed by atoms with van der Waals surface area (Å²) in [5, 5.41) is 12.6. The van der Waals surface area contributed by atoms with Gasteiger partial charge in [0.15, 0.2) is 0 Å². The highest BCUT2D eigenvalue weighted by Gasteiger charge is 2.37. The third kappa shape index (κ3) is 4.39. The maximum Gasteiger partial charge on any atom is 0.240 e. The number of nitrogens with one attached hydrogen (secondary N) is 1. The molecule has 0 spiro atoms. The largest absolute Gasteiger partial charge is 0.395 e. The monoisotopic (exact) mass is 299 g/mol. The van der Waals surface area contributed by atoms with E-state index in [1.165, 1.54) is 0 Å². The van der Waals surface area contributed by atoms with Crippen molar-refractivity contribution in [2.45, 2.75) is 37.8 Å². The fourth-order valence-electron chi connectivity index (χ4n) is 3.49. The summed E-state index contributed by atoms with van der Waals surface area (Å²) in [5.41, 5.74) is 0. The number of aliphatic hydroxyl groups is 1. The first kappa shape index (κ1) is 16.7. The highest BCUT2D eigenvalue weighted by Crippen LogP contribution is 2.25. The molecule has 2 saturated heterocycles. The van der Waals surface area contributed by atoms with Crippen LogP contribution >= 0.6 is 0 Å². The SMILES string of the molecule is COCCN(CCO)C(=O)C1CCCN1C1CCNCC1. The highest BCUT2D eigenvalue weighted by molar-refractivity contribution is 5.82. The Morgan fingerprint density at radius 3 is 2.76 bits per heavy atom. The molecule has 0 aromatic carbocycles. The average molecular weight is 299 g/mol. The summed E-state index contributed by atoms with van der Waals surface area (Å²) in [6.45, 7) is 4.61. The first-order chi connectivity index (χ1) is 10.3. The summed E-state index contributed by atoms with van der Waals surface area (Å²) in [6.07, 6.45) is 4.29. The van der Waals surface area contributed by atoms with Crippen molar-refractivity contribution >= 4 is 5.91 Å². The van der Waals surface area contributed by atoms with Gasteiger partial charge in [0.25, 0.3) is 0 Å². The fourth-order valence-corrected chi connectivity index (χ4v) is 3.49. The summed E-state index contributed by atoms with van der Waals surface area (Å²) in [7, 11) is 1.64. The van der Waals surface area contributed by atoms with Crippen LogP contribution in [0, 0.1) is 0 Å². The molecule has 6 heteroatoms. The Balaban J connectivity index is 1.97. The first-order valence-electron chi connectivity index (χ1n) is 8.13. The van der Waals surface area contributed by atoms with E-state index in [-0.39, 0.29) is 18.6 Å². The van der Waals surface area contributed by atoms with Gasteiger partial charge in [-0.2, -0.15) is 0 Å². The quantitative estimate of drug-likeness (QED) is 0.674. The lowest BCUT2D eigenvalue weighted by Gasteiger charge is -2.37.